The van der Waals surface area contributed by atoms with Crippen molar-refractivity contribution in [2.24, 2.45) is 0 Å². The molecule has 1 fully saturated rings. The second kappa shape index (κ2) is 13.9. The number of nitrogens with zero attached hydrogens (tertiary/aromatic N) is 4. The average molecular weight is 500 g/mol. The number of amides is 2. The van der Waals surface area contributed by atoms with Crippen LogP contribution in [-0.2, 0) is 4.79 Å². The van der Waals surface area contributed by atoms with E-state index < -0.39 is 0 Å². The van der Waals surface area contributed by atoms with Crippen molar-refractivity contribution in [1.82, 2.24) is 14.8 Å². The van der Waals surface area contributed by atoms with Gasteiger partial charge in [-0.2, -0.15) is 0 Å². The van der Waals surface area contributed by atoms with Crippen molar-refractivity contribution < 1.29 is 20.5 Å². The van der Waals surface area contributed by atoms with Gasteiger partial charge in [0.15, 0.2) is 5.82 Å². The normalized spacial score (nSPS) is 15.4. The molecule has 0 aliphatic carbocycles. The fourth-order valence-electron chi connectivity index (χ4n) is 3.74. The molecule has 0 atom stereocenters. The number of piperazine rings is 1. The van der Waals surface area contributed by atoms with Crippen LogP contribution in [0.4, 0.5) is 17.2 Å². The van der Waals surface area contributed by atoms with Crippen molar-refractivity contribution in [3.63, 3.8) is 0 Å². The molecular formula is C22H31Cl2N5O4. The number of anilines is 3. The van der Waals surface area contributed by atoms with E-state index in [9.17, 15) is 9.59 Å². The smallest absolute Gasteiger partial charge is 0.257 e. The van der Waals surface area contributed by atoms with Crippen molar-refractivity contribution in [3.8, 4) is 0 Å². The van der Waals surface area contributed by atoms with Gasteiger partial charge in [-0.1, -0.05) is 24.3 Å². The van der Waals surface area contributed by atoms with E-state index in [1.54, 1.807) is 41.4 Å². The highest BCUT2D eigenvalue weighted by atomic mass is 35.5. The summed E-state index contributed by atoms with van der Waals surface area (Å²) in [6.07, 6.45) is 5.85. The third-order valence-electron chi connectivity index (χ3n) is 5.31. The molecular weight excluding hydrogens is 469 g/mol. The molecule has 2 aliphatic heterocycles. The Balaban J connectivity index is 0.00000256. The first-order chi connectivity index (χ1) is 14.2. The van der Waals surface area contributed by atoms with Gasteiger partial charge in [0.05, 0.1) is 23.5 Å². The summed E-state index contributed by atoms with van der Waals surface area (Å²) in [5, 5.41) is 2.87. The lowest BCUT2D eigenvalue weighted by atomic mass is 10.1. The maximum absolute atomic E-state index is 13.4. The maximum atomic E-state index is 13.4. The number of nitrogens with one attached hydrogen (secondary N) is 1. The SMILES string of the molecule is C/C=C/CN1CCN(CC(=O)N2c3ccccc3C(=O)Nc3cccnc32)CC1.Cl.Cl.O.O. The molecule has 0 bridgehead atoms. The first kappa shape index (κ1) is 30.5. The van der Waals surface area contributed by atoms with Gasteiger partial charge in [-0.05, 0) is 31.2 Å². The number of hydrogen-bond donors (Lipinski definition) is 1. The van der Waals surface area contributed by atoms with Crippen molar-refractivity contribution in [2.75, 3.05) is 49.5 Å². The van der Waals surface area contributed by atoms with Gasteiger partial charge in [0, 0.05) is 38.9 Å². The summed E-state index contributed by atoms with van der Waals surface area (Å²) < 4.78 is 0. The number of halogens is 2. The van der Waals surface area contributed by atoms with Gasteiger partial charge in [0.2, 0.25) is 5.91 Å². The van der Waals surface area contributed by atoms with Crippen molar-refractivity contribution in [3.05, 3.63) is 60.3 Å². The zero-order valence-electron chi connectivity index (χ0n) is 18.4. The predicted molar refractivity (Wildman–Crippen MR) is 135 cm³/mol. The largest absolute Gasteiger partial charge is 0.412 e. The summed E-state index contributed by atoms with van der Waals surface area (Å²) in [4.78, 5) is 36.6. The summed E-state index contributed by atoms with van der Waals surface area (Å²) in [7, 11) is 0. The molecule has 182 valence electrons. The number of pyridine rings is 1. The van der Waals surface area contributed by atoms with Crippen LogP contribution in [0.1, 0.15) is 17.3 Å². The van der Waals surface area contributed by atoms with E-state index in [2.05, 4.69) is 32.3 Å². The van der Waals surface area contributed by atoms with Gasteiger partial charge in [-0.25, -0.2) is 4.98 Å². The Labute approximate surface area is 205 Å². The van der Waals surface area contributed by atoms with E-state index in [1.165, 1.54) is 0 Å². The zero-order valence-corrected chi connectivity index (χ0v) is 20.0. The van der Waals surface area contributed by atoms with Gasteiger partial charge < -0.3 is 16.3 Å². The van der Waals surface area contributed by atoms with Crippen molar-refractivity contribution >= 4 is 53.8 Å². The molecule has 3 heterocycles. The number of fused-ring (bicyclic) bond motifs is 2. The molecule has 1 saturated heterocycles. The molecule has 2 amide bonds. The van der Waals surface area contributed by atoms with Gasteiger partial charge in [-0.15, -0.1) is 24.8 Å². The second-order valence-corrected chi connectivity index (χ2v) is 7.22. The molecule has 2 aliphatic rings. The minimum absolute atomic E-state index is 0. The second-order valence-electron chi connectivity index (χ2n) is 7.22. The van der Waals surface area contributed by atoms with E-state index in [1.807, 2.05) is 13.0 Å². The monoisotopic (exact) mass is 499 g/mol. The van der Waals surface area contributed by atoms with E-state index in [4.69, 9.17) is 0 Å². The Bertz CT molecular complexity index is 952. The lowest BCUT2D eigenvalue weighted by Crippen LogP contribution is -2.49. The number of allylic oxidation sites excluding steroid dienone is 1. The van der Waals surface area contributed by atoms with E-state index in [0.29, 0.717) is 22.8 Å². The molecule has 1 aromatic heterocycles. The summed E-state index contributed by atoms with van der Waals surface area (Å²) in [5.74, 6) is 0.140. The predicted octanol–water partition coefficient (Wildman–Crippen LogP) is 1.70. The fourth-order valence-corrected chi connectivity index (χ4v) is 3.74. The van der Waals surface area contributed by atoms with Crippen molar-refractivity contribution in [2.45, 2.75) is 6.92 Å². The molecule has 0 spiro atoms. The fraction of sp³-hybridized carbons (Fsp3) is 0.318. The third kappa shape index (κ3) is 6.73. The van der Waals surface area contributed by atoms with E-state index in [0.717, 1.165) is 32.7 Å². The van der Waals surface area contributed by atoms with Gasteiger partial charge in [-0.3, -0.25) is 24.3 Å². The molecule has 11 heteroatoms. The zero-order chi connectivity index (χ0) is 20.2. The number of carbonyl (C=O) groups excluding carboxylic acids is 2. The lowest BCUT2D eigenvalue weighted by molar-refractivity contribution is -0.119. The molecule has 9 nitrogen and oxygen atoms in total. The first-order valence-corrected chi connectivity index (χ1v) is 9.91. The highest BCUT2D eigenvalue weighted by Gasteiger charge is 2.31. The quantitative estimate of drug-likeness (QED) is 0.639. The molecule has 0 unspecified atom stereocenters. The number of benzene rings is 1. The average Bonchev–Trinajstić information content (AvgIpc) is 2.87. The molecule has 1 aromatic carbocycles. The van der Waals surface area contributed by atoms with Crippen LogP contribution in [0.2, 0.25) is 0 Å². The number of rotatable bonds is 4. The minimum atomic E-state index is -0.234. The van der Waals surface area contributed by atoms with E-state index in [-0.39, 0.29) is 54.1 Å². The van der Waals surface area contributed by atoms with Gasteiger partial charge in [0.25, 0.3) is 5.91 Å². The van der Waals surface area contributed by atoms with Crippen LogP contribution in [0.25, 0.3) is 0 Å². The minimum Gasteiger partial charge on any atom is -0.412 e. The van der Waals surface area contributed by atoms with Crippen molar-refractivity contribution in [1.29, 1.82) is 0 Å². The highest BCUT2D eigenvalue weighted by molar-refractivity contribution is 6.17. The summed E-state index contributed by atoms with van der Waals surface area (Å²) in [6.45, 7) is 6.81. The first-order valence-electron chi connectivity index (χ1n) is 9.91. The highest BCUT2D eigenvalue weighted by Crippen LogP contribution is 2.36. The van der Waals surface area contributed by atoms with Crippen LogP contribution in [0.5, 0.6) is 0 Å². The van der Waals surface area contributed by atoms with Crippen LogP contribution in [0.15, 0.2) is 54.7 Å². The third-order valence-corrected chi connectivity index (χ3v) is 5.31. The topological polar surface area (TPSA) is 132 Å². The molecule has 33 heavy (non-hydrogen) atoms. The number of hydrogen-bond acceptors (Lipinski definition) is 5. The summed E-state index contributed by atoms with van der Waals surface area (Å²) in [5.41, 5.74) is 1.58. The summed E-state index contributed by atoms with van der Waals surface area (Å²) in [6, 6.07) is 10.7. The Morgan fingerprint density at radius 3 is 2.39 bits per heavy atom. The van der Waals surface area contributed by atoms with Crippen LogP contribution in [0, 0.1) is 0 Å². The Hall–Kier alpha value is -2.53. The molecule has 0 radical (unpaired) electrons. The maximum Gasteiger partial charge on any atom is 0.257 e. The van der Waals surface area contributed by atoms with Gasteiger partial charge in [0.1, 0.15) is 0 Å². The number of aromatic nitrogens is 1. The Morgan fingerprint density at radius 1 is 1.03 bits per heavy atom. The summed E-state index contributed by atoms with van der Waals surface area (Å²) >= 11 is 0. The molecule has 0 saturated carbocycles. The molecule has 2 aromatic rings. The molecule has 5 N–H and O–H groups in total. The molecule has 4 rings (SSSR count). The van der Waals surface area contributed by atoms with Gasteiger partial charge >= 0.3 is 0 Å². The number of para-hydroxylation sites is 1. The van der Waals surface area contributed by atoms with E-state index >= 15 is 0 Å². The Morgan fingerprint density at radius 2 is 1.70 bits per heavy atom. The Kier molecular flexibility index (Phi) is 12.8. The standard InChI is InChI=1S/C22H25N5O2.2ClH.2H2O/c1-2-3-11-25-12-14-26(15-13-25)16-20(28)27-19-9-5-4-7-17(19)22(29)24-18-8-6-10-23-21(18)27;;;;/h2-10H,11-16H2,1H3,(H,24,29);2*1H;2*1H2/b3-2+;;;;. The van der Waals surface area contributed by atoms with Crippen LogP contribution >= 0.6 is 24.8 Å². The lowest BCUT2D eigenvalue weighted by Gasteiger charge is -2.34. The van der Waals surface area contributed by atoms with Crippen LogP contribution in [0.3, 0.4) is 0 Å². The van der Waals surface area contributed by atoms with Crippen LogP contribution < -0.4 is 10.2 Å². The number of carbonyl (C=O) groups is 2. The van der Waals surface area contributed by atoms with Crippen LogP contribution in [-0.4, -0.2) is 76.8 Å².